The molecule has 4 nitrogen and oxygen atoms in total. The van der Waals surface area contributed by atoms with E-state index in [4.69, 9.17) is 5.11 Å². The van der Waals surface area contributed by atoms with Crippen LogP contribution < -0.4 is 4.74 Å². The Morgan fingerprint density at radius 1 is 1.20 bits per heavy atom. The van der Waals surface area contributed by atoms with E-state index in [1.54, 1.807) is 6.07 Å². The molecule has 0 bridgehead atoms. The maximum absolute atomic E-state index is 10.6. The van der Waals surface area contributed by atoms with E-state index in [-0.39, 0.29) is 5.88 Å². The second kappa shape index (κ2) is 7.09. The lowest BCUT2D eigenvalue weighted by Gasteiger charge is -2.04. The minimum Gasteiger partial charge on any atom is -0.449 e. The van der Waals surface area contributed by atoms with E-state index >= 15 is 0 Å². The minimum atomic E-state index is -1.34. The molecule has 2 rings (SSSR count). The van der Waals surface area contributed by atoms with Gasteiger partial charge in [0.2, 0.25) is 5.88 Å². The summed E-state index contributed by atoms with van der Waals surface area (Å²) in [5.74, 6) is 0.160. The van der Waals surface area contributed by atoms with Crippen LogP contribution in [0.4, 0.5) is 4.79 Å². The maximum Gasteiger partial charge on any atom is 0.512 e. The second-order valence-corrected chi connectivity index (χ2v) is 4.19. The first-order chi connectivity index (χ1) is 9.75. The summed E-state index contributed by atoms with van der Waals surface area (Å²) in [4.78, 5) is 14.5. The van der Waals surface area contributed by atoms with Crippen LogP contribution in [0, 0.1) is 0 Å². The third kappa shape index (κ3) is 4.24. The van der Waals surface area contributed by atoms with E-state index in [1.807, 2.05) is 48.6 Å². The third-order valence-electron chi connectivity index (χ3n) is 2.72. The molecule has 0 saturated carbocycles. The van der Waals surface area contributed by atoms with Crippen LogP contribution in [0.5, 0.6) is 5.88 Å². The molecule has 0 radical (unpaired) electrons. The van der Waals surface area contributed by atoms with Gasteiger partial charge in [-0.2, -0.15) is 0 Å². The summed E-state index contributed by atoms with van der Waals surface area (Å²) in [6, 6.07) is 13.6. The van der Waals surface area contributed by atoms with Gasteiger partial charge in [-0.3, -0.25) is 0 Å². The summed E-state index contributed by atoms with van der Waals surface area (Å²) in [7, 11) is 0. The van der Waals surface area contributed by atoms with Crippen molar-refractivity contribution in [2.45, 2.75) is 12.8 Å². The van der Waals surface area contributed by atoms with Gasteiger partial charge in [-0.25, -0.2) is 9.78 Å². The van der Waals surface area contributed by atoms with Gasteiger partial charge in [0, 0.05) is 11.8 Å². The van der Waals surface area contributed by atoms with Gasteiger partial charge in [0.1, 0.15) is 0 Å². The van der Waals surface area contributed by atoms with Crippen molar-refractivity contribution >= 4 is 12.2 Å². The lowest BCUT2D eigenvalue weighted by atomic mass is 10.1. The average Bonchev–Trinajstić information content (AvgIpc) is 2.46. The fraction of sp³-hybridized carbons (Fsp3) is 0.125. The van der Waals surface area contributed by atoms with Crippen molar-refractivity contribution in [3.63, 3.8) is 0 Å². The van der Waals surface area contributed by atoms with E-state index < -0.39 is 6.16 Å². The molecule has 102 valence electrons. The van der Waals surface area contributed by atoms with E-state index in [0.29, 0.717) is 6.42 Å². The quantitative estimate of drug-likeness (QED) is 0.839. The zero-order chi connectivity index (χ0) is 14.2. The van der Waals surface area contributed by atoms with Crippen molar-refractivity contribution in [1.82, 2.24) is 4.98 Å². The van der Waals surface area contributed by atoms with Gasteiger partial charge in [0.25, 0.3) is 0 Å². The number of ether oxygens (including phenoxy) is 1. The molecule has 0 spiro atoms. The number of aryl methyl sites for hydroxylation is 1. The molecule has 0 atom stereocenters. The van der Waals surface area contributed by atoms with Gasteiger partial charge < -0.3 is 9.84 Å². The second-order valence-electron chi connectivity index (χ2n) is 4.19. The van der Waals surface area contributed by atoms with E-state index in [1.165, 1.54) is 6.20 Å². The summed E-state index contributed by atoms with van der Waals surface area (Å²) in [6.07, 6.45) is 5.73. The normalized spacial score (nSPS) is 10.6. The molecule has 0 aliphatic rings. The number of allylic oxidation sites excluding steroid dienone is 1. The van der Waals surface area contributed by atoms with Crippen molar-refractivity contribution in [2.75, 3.05) is 0 Å². The first kappa shape index (κ1) is 13.8. The molecule has 1 aromatic heterocycles. The van der Waals surface area contributed by atoms with Gasteiger partial charge in [0.05, 0.1) is 0 Å². The van der Waals surface area contributed by atoms with Gasteiger partial charge >= 0.3 is 6.16 Å². The number of benzene rings is 1. The Labute approximate surface area is 117 Å². The molecular formula is C16H15NO3. The van der Waals surface area contributed by atoms with Crippen LogP contribution in [0.2, 0.25) is 0 Å². The van der Waals surface area contributed by atoms with Crippen LogP contribution in [-0.2, 0) is 6.42 Å². The molecule has 1 N–H and O–H groups in total. The minimum absolute atomic E-state index is 0.160. The number of carbonyl (C=O) groups is 1. The Hall–Kier alpha value is -2.62. The van der Waals surface area contributed by atoms with Crippen LogP contribution >= 0.6 is 0 Å². The number of nitrogens with zero attached hydrogens (tertiary/aromatic N) is 1. The molecule has 0 aliphatic carbocycles. The summed E-state index contributed by atoms with van der Waals surface area (Å²) in [6.45, 7) is 0. The van der Waals surface area contributed by atoms with Gasteiger partial charge in [-0.1, -0.05) is 48.6 Å². The SMILES string of the molecule is O=C(O)Oc1ncccc1CCC=Cc1ccccc1. The molecule has 1 heterocycles. The Balaban J connectivity index is 1.94. The van der Waals surface area contributed by atoms with Crippen LogP contribution in [0.15, 0.2) is 54.7 Å². The molecule has 0 unspecified atom stereocenters. The lowest BCUT2D eigenvalue weighted by Crippen LogP contribution is -2.06. The number of hydrogen-bond acceptors (Lipinski definition) is 3. The van der Waals surface area contributed by atoms with Crippen molar-refractivity contribution < 1.29 is 14.6 Å². The van der Waals surface area contributed by atoms with Crippen molar-refractivity contribution in [3.8, 4) is 5.88 Å². The zero-order valence-corrected chi connectivity index (χ0v) is 10.9. The fourth-order valence-corrected chi connectivity index (χ4v) is 1.81. The highest BCUT2D eigenvalue weighted by Crippen LogP contribution is 2.17. The van der Waals surface area contributed by atoms with Gasteiger partial charge in [0.15, 0.2) is 0 Å². The largest absolute Gasteiger partial charge is 0.512 e. The smallest absolute Gasteiger partial charge is 0.449 e. The maximum atomic E-state index is 10.6. The average molecular weight is 269 g/mol. The molecule has 0 saturated heterocycles. The molecule has 1 aromatic carbocycles. The summed E-state index contributed by atoms with van der Waals surface area (Å²) < 4.78 is 4.64. The Bertz CT molecular complexity index is 594. The predicted molar refractivity (Wildman–Crippen MR) is 76.7 cm³/mol. The third-order valence-corrected chi connectivity index (χ3v) is 2.72. The summed E-state index contributed by atoms with van der Waals surface area (Å²) in [5, 5.41) is 8.64. The highest BCUT2D eigenvalue weighted by molar-refractivity contribution is 5.61. The molecule has 0 fully saturated rings. The fourth-order valence-electron chi connectivity index (χ4n) is 1.81. The van der Waals surface area contributed by atoms with E-state index in [9.17, 15) is 4.79 Å². The Kier molecular flexibility index (Phi) is 4.89. The monoisotopic (exact) mass is 269 g/mol. The Morgan fingerprint density at radius 3 is 2.75 bits per heavy atom. The number of aromatic nitrogens is 1. The highest BCUT2D eigenvalue weighted by Gasteiger charge is 2.07. The lowest BCUT2D eigenvalue weighted by molar-refractivity contribution is 0.142. The van der Waals surface area contributed by atoms with Crippen LogP contribution in [0.1, 0.15) is 17.5 Å². The molecule has 0 aliphatic heterocycles. The Morgan fingerprint density at radius 2 is 2.00 bits per heavy atom. The number of hydrogen-bond donors (Lipinski definition) is 1. The predicted octanol–water partition coefficient (Wildman–Crippen LogP) is 3.78. The molecular weight excluding hydrogens is 254 g/mol. The molecule has 2 aromatic rings. The molecule has 20 heavy (non-hydrogen) atoms. The van der Waals surface area contributed by atoms with Crippen molar-refractivity contribution in [3.05, 3.63) is 65.9 Å². The zero-order valence-electron chi connectivity index (χ0n) is 10.9. The first-order valence-electron chi connectivity index (χ1n) is 6.32. The number of carboxylic acid groups (broad SMARTS) is 1. The molecule has 0 amide bonds. The highest BCUT2D eigenvalue weighted by atomic mass is 16.7. The van der Waals surface area contributed by atoms with Crippen molar-refractivity contribution in [1.29, 1.82) is 0 Å². The number of rotatable bonds is 5. The summed E-state index contributed by atoms with van der Waals surface area (Å²) >= 11 is 0. The van der Waals surface area contributed by atoms with Gasteiger partial charge in [-0.05, 0) is 24.5 Å². The van der Waals surface area contributed by atoms with Crippen LogP contribution in [0.3, 0.4) is 0 Å². The van der Waals surface area contributed by atoms with Gasteiger partial charge in [-0.15, -0.1) is 0 Å². The molecule has 4 heteroatoms. The van der Waals surface area contributed by atoms with Crippen LogP contribution in [0.25, 0.3) is 6.08 Å². The topological polar surface area (TPSA) is 59.4 Å². The standard InChI is InChI=1S/C16H15NO3/c18-16(19)20-15-14(11-6-12-17-15)10-5-4-9-13-7-2-1-3-8-13/h1-4,6-9,11-12H,5,10H2,(H,18,19). The first-order valence-corrected chi connectivity index (χ1v) is 6.32. The van der Waals surface area contributed by atoms with Crippen molar-refractivity contribution in [2.24, 2.45) is 0 Å². The van der Waals surface area contributed by atoms with Crippen LogP contribution in [-0.4, -0.2) is 16.2 Å². The van der Waals surface area contributed by atoms with E-state index in [0.717, 1.165) is 17.5 Å². The number of pyridine rings is 1. The van der Waals surface area contributed by atoms with E-state index in [2.05, 4.69) is 9.72 Å². The summed E-state index contributed by atoms with van der Waals surface area (Å²) in [5.41, 5.74) is 1.92.